The van der Waals surface area contributed by atoms with Crippen LogP contribution in [0.4, 0.5) is 0 Å². The van der Waals surface area contributed by atoms with Gasteiger partial charge in [0.1, 0.15) is 17.8 Å². The van der Waals surface area contributed by atoms with Gasteiger partial charge in [-0.15, -0.1) is 0 Å². The maximum atomic E-state index is 13.2. The van der Waals surface area contributed by atoms with Crippen molar-refractivity contribution < 1.29 is 29.0 Å². The molecular formula is C22H30O6. The van der Waals surface area contributed by atoms with Gasteiger partial charge in [0.25, 0.3) is 0 Å². The summed E-state index contributed by atoms with van der Waals surface area (Å²) in [5, 5.41) is 11.6. The van der Waals surface area contributed by atoms with Gasteiger partial charge in [0.15, 0.2) is 0 Å². The topological polar surface area (TPSA) is 89.9 Å². The molecule has 3 aliphatic carbocycles. The Morgan fingerprint density at radius 1 is 1.32 bits per heavy atom. The first-order valence-electron chi connectivity index (χ1n) is 10.3. The highest BCUT2D eigenvalue weighted by Gasteiger charge is 2.79. The van der Waals surface area contributed by atoms with Crippen molar-refractivity contribution in [1.82, 2.24) is 0 Å². The van der Waals surface area contributed by atoms with Crippen LogP contribution < -0.4 is 0 Å². The number of rotatable bonds is 3. The van der Waals surface area contributed by atoms with Gasteiger partial charge < -0.3 is 14.6 Å². The third kappa shape index (κ3) is 2.33. The van der Waals surface area contributed by atoms with E-state index in [1.54, 1.807) is 0 Å². The van der Waals surface area contributed by atoms with E-state index in [0.29, 0.717) is 24.7 Å². The van der Waals surface area contributed by atoms with Gasteiger partial charge in [-0.3, -0.25) is 14.4 Å². The zero-order valence-corrected chi connectivity index (χ0v) is 16.9. The number of hydrogen-bond acceptors (Lipinski definition) is 6. The molecule has 4 aliphatic rings. The van der Waals surface area contributed by atoms with Gasteiger partial charge in [-0.25, -0.2) is 0 Å². The number of cyclic esters (lactones) is 1. The van der Waals surface area contributed by atoms with Crippen molar-refractivity contribution in [2.24, 2.45) is 34.0 Å². The number of ether oxygens (including phenoxy) is 2. The summed E-state index contributed by atoms with van der Waals surface area (Å²) in [5.41, 5.74) is -1.34. The highest BCUT2D eigenvalue weighted by atomic mass is 16.6. The smallest absolute Gasteiger partial charge is 0.315 e. The van der Waals surface area contributed by atoms with Crippen molar-refractivity contribution >= 4 is 18.2 Å². The summed E-state index contributed by atoms with van der Waals surface area (Å²) in [7, 11) is 0. The van der Waals surface area contributed by atoms with Gasteiger partial charge in [-0.05, 0) is 42.6 Å². The van der Waals surface area contributed by atoms with E-state index in [4.69, 9.17) is 9.47 Å². The fourth-order valence-electron chi connectivity index (χ4n) is 7.53. The third-order valence-electron chi connectivity index (χ3n) is 8.26. The maximum absolute atomic E-state index is 13.2. The van der Waals surface area contributed by atoms with Gasteiger partial charge in [0.2, 0.25) is 0 Å². The van der Waals surface area contributed by atoms with Gasteiger partial charge in [0, 0.05) is 24.2 Å². The Balaban J connectivity index is 1.90. The van der Waals surface area contributed by atoms with Crippen LogP contribution in [-0.2, 0) is 23.9 Å². The van der Waals surface area contributed by atoms with Crippen LogP contribution in [0, 0.1) is 34.0 Å². The third-order valence-corrected chi connectivity index (χ3v) is 8.26. The molecule has 0 aromatic rings. The van der Waals surface area contributed by atoms with E-state index < -0.39 is 35.0 Å². The van der Waals surface area contributed by atoms with Crippen LogP contribution in [-0.4, -0.2) is 42.1 Å². The summed E-state index contributed by atoms with van der Waals surface area (Å²) < 4.78 is 11.5. The molecule has 1 spiro atoms. The van der Waals surface area contributed by atoms with Crippen LogP contribution in [0.25, 0.3) is 0 Å². The fraction of sp³-hybridized carbons (Fsp3) is 0.773. The Kier molecular flexibility index (Phi) is 4.31. The number of aldehydes is 1. The van der Waals surface area contributed by atoms with E-state index in [-0.39, 0.29) is 29.8 Å². The number of aliphatic hydroxyl groups is 1. The molecule has 28 heavy (non-hydrogen) atoms. The van der Waals surface area contributed by atoms with Crippen molar-refractivity contribution in [3.8, 4) is 0 Å². The first kappa shape index (κ1) is 19.6. The Morgan fingerprint density at radius 2 is 2.04 bits per heavy atom. The minimum atomic E-state index is -1.15. The molecule has 3 saturated carbocycles. The Bertz CT molecular complexity index is 741. The molecule has 6 nitrogen and oxygen atoms in total. The lowest BCUT2D eigenvalue weighted by Gasteiger charge is -2.56. The first-order valence-corrected chi connectivity index (χ1v) is 10.3. The number of hydrogen-bond donors (Lipinski definition) is 1. The van der Waals surface area contributed by atoms with Crippen molar-refractivity contribution in [1.29, 1.82) is 0 Å². The Labute approximate surface area is 165 Å². The van der Waals surface area contributed by atoms with Crippen LogP contribution >= 0.6 is 0 Å². The van der Waals surface area contributed by atoms with Gasteiger partial charge in [-0.1, -0.05) is 26.8 Å². The highest BCUT2D eigenvalue weighted by molar-refractivity contribution is 5.82. The summed E-state index contributed by atoms with van der Waals surface area (Å²) >= 11 is 0. The lowest BCUT2D eigenvalue weighted by Crippen LogP contribution is -2.60. The average molecular weight is 390 g/mol. The number of carbonyl (C=O) groups is 3. The van der Waals surface area contributed by atoms with E-state index >= 15 is 0 Å². The molecule has 0 amide bonds. The fourth-order valence-corrected chi connectivity index (χ4v) is 7.53. The molecule has 4 rings (SSSR count). The van der Waals surface area contributed by atoms with Crippen molar-refractivity contribution in [2.75, 3.05) is 6.61 Å². The van der Waals surface area contributed by atoms with Crippen LogP contribution in [0.5, 0.6) is 0 Å². The zero-order valence-electron chi connectivity index (χ0n) is 16.9. The predicted octanol–water partition coefficient (Wildman–Crippen LogP) is 2.43. The molecule has 4 fully saturated rings. The summed E-state index contributed by atoms with van der Waals surface area (Å²) in [6.45, 7) is 9.78. The second kappa shape index (κ2) is 6.15. The monoisotopic (exact) mass is 390 g/mol. The summed E-state index contributed by atoms with van der Waals surface area (Å²) in [6.07, 6.45) is 2.86. The average Bonchev–Trinajstić information content (AvgIpc) is 2.81. The molecule has 1 saturated heterocycles. The molecule has 0 aromatic heterocycles. The van der Waals surface area contributed by atoms with E-state index in [0.717, 1.165) is 19.3 Å². The van der Waals surface area contributed by atoms with E-state index in [9.17, 15) is 19.5 Å². The molecule has 1 N–H and O–H groups in total. The molecular weight excluding hydrogens is 360 g/mol. The molecule has 7 unspecified atom stereocenters. The zero-order chi connectivity index (χ0) is 20.5. The standard InChI is InChI=1S/C22H30O6/c1-12(10-23)14-8-15(28-13(2)24)16-21-7-5-6-20(3,4)17(21)18(25)22(16,9-14)19(26)27-11-21/h10,14-18,25H,1,5-9,11H2,2-4H3. The first-order chi connectivity index (χ1) is 13.1. The predicted molar refractivity (Wildman–Crippen MR) is 99.9 cm³/mol. The maximum Gasteiger partial charge on any atom is 0.315 e. The quantitative estimate of drug-likeness (QED) is 0.452. The SMILES string of the molecule is C=C(C=O)C1CC(OC(C)=O)C2C34CCCC(C)(C)C3C(O)C2(C1)C(=O)OC4. The molecule has 7 atom stereocenters. The summed E-state index contributed by atoms with van der Waals surface area (Å²) in [4.78, 5) is 36.6. The van der Waals surface area contributed by atoms with Crippen molar-refractivity contribution in [3.05, 3.63) is 12.2 Å². The van der Waals surface area contributed by atoms with E-state index in [1.165, 1.54) is 6.92 Å². The molecule has 154 valence electrons. The second-order valence-electron chi connectivity index (χ2n) is 10.1. The largest absolute Gasteiger partial charge is 0.465 e. The van der Waals surface area contributed by atoms with E-state index in [1.807, 2.05) is 0 Å². The van der Waals surface area contributed by atoms with Gasteiger partial charge >= 0.3 is 11.9 Å². The molecule has 0 aromatic carbocycles. The lowest BCUT2D eigenvalue weighted by molar-refractivity contribution is -0.211. The number of aliphatic hydroxyl groups excluding tert-OH is 1. The summed E-state index contributed by atoms with van der Waals surface area (Å²) in [6, 6.07) is 0. The van der Waals surface area contributed by atoms with Crippen molar-refractivity contribution in [3.63, 3.8) is 0 Å². The van der Waals surface area contributed by atoms with Crippen LogP contribution in [0.1, 0.15) is 52.9 Å². The minimum absolute atomic E-state index is 0.119. The van der Waals surface area contributed by atoms with Gasteiger partial charge in [0.05, 0.1) is 12.7 Å². The second-order valence-corrected chi connectivity index (χ2v) is 10.1. The lowest BCUT2D eigenvalue weighted by atomic mass is 9.51. The van der Waals surface area contributed by atoms with Crippen LogP contribution in [0.3, 0.4) is 0 Å². The molecule has 0 radical (unpaired) electrons. The number of allylic oxidation sites excluding steroid dienone is 1. The molecule has 6 heteroatoms. The molecule has 1 heterocycles. The molecule has 1 aliphatic heterocycles. The number of carbonyl (C=O) groups excluding carboxylic acids is 3. The number of esters is 2. The Morgan fingerprint density at radius 3 is 2.68 bits per heavy atom. The minimum Gasteiger partial charge on any atom is -0.465 e. The normalized spacial score (nSPS) is 46.0. The Hall–Kier alpha value is -1.69. The van der Waals surface area contributed by atoms with Crippen LogP contribution in [0.2, 0.25) is 0 Å². The molecule has 2 bridgehead atoms. The highest BCUT2D eigenvalue weighted by Crippen LogP contribution is 2.73. The van der Waals surface area contributed by atoms with Gasteiger partial charge in [-0.2, -0.15) is 0 Å². The van der Waals surface area contributed by atoms with E-state index in [2.05, 4.69) is 20.4 Å². The van der Waals surface area contributed by atoms with Crippen LogP contribution in [0.15, 0.2) is 12.2 Å². The van der Waals surface area contributed by atoms with Crippen molar-refractivity contribution in [2.45, 2.75) is 65.1 Å². The summed E-state index contributed by atoms with van der Waals surface area (Å²) in [5.74, 6) is -1.56.